The minimum atomic E-state index is -0.971. The molecular formula is C31H31N3O4. The smallest absolute Gasteiger partial charge is 0.335 e. The van der Waals surface area contributed by atoms with Crippen molar-refractivity contribution in [1.29, 1.82) is 5.26 Å². The van der Waals surface area contributed by atoms with Gasteiger partial charge in [-0.1, -0.05) is 18.2 Å². The van der Waals surface area contributed by atoms with Gasteiger partial charge in [-0.05, 0) is 103 Å². The number of carbonyl (C=O) groups is 2. The number of hydrogen-bond acceptors (Lipinski definition) is 5. The van der Waals surface area contributed by atoms with Gasteiger partial charge < -0.3 is 14.7 Å². The molecule has 1 amide bonds. The molecule has 3 aromatic rings. The fourth-order valence-corrected chi connectivity index (χ4v) is 5.68. The van der Waals surface area contributed by atoms with Crippen LogP contribution >= 0.6 is 0 Å². The van der Waals surface area contributed by atoms with E-state index in [2.05, 4.69) is 23.1 Å². The van der Waals surface area contributed by atoms with E-state index in [1.165, 1.54) is 0 Å². The van der Waals surface area contributed by atoms with E-state index in [4.69, 9.17) is 9.84 Å². The van der Waals surface area contributed by atoms with Gasteiger partial charge in [0.25, 0.3) is 0 Å². The van der Waals surface area contributed by atoms with Crippen LogP contribution in [-0.2, 0) is 11.3 Å². The van der Waals surface area contributed by atoms with Crippen LogP contribution in [0.3, 0.4) is 0 Å². The van der Waals surface area contributed by atoms with E-state index in [-0.39, 0.29) is 16.9 Å². The standard InChI is InChI=1S/C31H31N3O4/c1-2-38-27-16-22(15-25(17-27)28-6-4-3-5-24(28)19-32)20-33-13-11-31(12-14-33)18-29(35)34(21-31)26-9-7-23(8-10-26)30(36)37/h3-10,15-17H,2,11-14,18,20-21H2,1H3,(H,36,37). The molecule has 2 fully saturated rings. The van der Waals surface area contributed by atoms with E-state index in [9.17, 15) is 14.9 Å². The van der Waals surface area contributed by atoms with Crippen LogP contribution in [-0.4, -0.2) is 48.1 Å². The molecule has 0 aromatic heterocycles. The van der Waals surface area contributed by atoms with Crippen molar-refractivity contribution < 1.29 is 19.4 Å². The summed E-state index contributed by atoms with van der Waals surface area (Å²) in [7, 11) is 0. The van der Waals surface area contributed by atoms with Gasteiger partial charge >= 0.3 is 5.97 Å². The highest BCUT2D eigenvalue weighted by Gasteiger charge is 2.45. The predicted molar refractivity (Wildman–Crippen MR) is 145 cm³/mol. The van der Waals surface area contributed by atoms with Crippen molar-refractivity contribution in [2.24, 2.45) is 5.41 Å². The van der Waals surface area contributed by atoms with Crippen LogP contribution in [0, 0.1) is 16.7 Å². The largest absolute Gasteiger partial charge is 0.494 e. The number of benzene rings is 3. The first-order valence-electron chi connectivity index (χ1n) is 13.0. The maximum Gasteiger partial charge on any atom is 0.335 e. The normalized spacial score (nSPS) is 16.9. The summed E-state index contributed by atoms with van der Waals surface area (Å²) >= 11 is 0. The van der Waals surface area contributed by atoms with Crippen molar-refractivity contribution in [2.75, 3.05) is 31.1 Å². The number of likely N-dealkylation sites (tertiary alicyclic amines) is 1. The van der Waals surface area contributed by atoms with E-state index >= 15 is 0 Å². The lowest BCUT2D eigenvalue weighted by Crippen LogP contribution is -2.41. The molecule has 0 bridgehead atoms. The number of piperidine rings is 1. The second-order valence-corrected chi connectivity index (χ2v) is 10.2. The summed E-state index contributed by atoms with van der Waals surface area (Å²) < 4.78 is 5.86. The maximum atomic E-state index is 12.9. The molecule has 0 atom stereocenters. The van der Waals surface area contributed by atoms with Gasteiger partial charge in [0.2, 0.25) is 5.91 Å². The second-order valence-electron chi connectivity index (χ2n) is 10.2. The lowest BCUT2D eigenvalue weighted by atomic mass is 9.77. The number of nitriles is 1. The second kappa shape index (κ2) is 10.7. The monoisotopic (exact) mass is 509 g/mol. The molecule has 0 radical (unpaired) electrons. The number of rotatable bonds is 7. The molecule has 0 saturated carbocycles. The molecule has 2 aliphatic heterocycles. The van der Waals surface area contributed by atoms with Gasteiger partial charge in [-0.15, -0.1) is 0 Å². The Labute approximate surface area is 222 Å². The molecule has 194 valence electrons. The molecule has 38 heavy (non-hydrogen) atoms. The van der Waals surface area contributed by atoms with Crippen molar-refractivity contribution >= 4 is 17.6 Å². The fraction of sp³-hybridized carbons (Fsp3) is 0.323. The third kappa shape index (κ3) is 5.27. The number of ether oxygens (including phenoxy) is 1. The highest BCUT2D eigenvalue weighted by atomic mass is 16.5. The van der Waals surface area contributed by atoms with E-state index in [0.29, 0.717) is 25.1 Å². The Hall–Kier alpha value is -4.15. The highest BCUT2D eigenvalue weighted by molar-refractivity contribution is 5.97. The zero-order chi connectivity index (χ0) is 26.7. The first-order valence-corrected chi connectivity index (χ1v) is 13.0. The first kappa shape index (κ1) is 25.5. The van der Waals surface area contributed by atoms with Gasteiger partial charge in [-0.2, -0.15) is 5.26 Å². The van der Waals surface area contributed by atoms with Crippen LogP contribution in [0.15, 0.2) is 66.7 Å². The molecule has 0 unspecified atom stereocenters. The van der Waals surface area contributed by atoms with Crippen molar-refractivity contribution in [2.45, 2.75) is 32.7 Å². The summed E-state index contributed by atoms with van der Waals surface area (Å²) in [6, 6.07) is 22.7. The van der Waals surface area contributed by atoms with Gasteiger partial charge in [-0.3, -0.25) is 9.69 Å². The molecule has 1 N–H and O–H groups in total. The number of amides is 1. The number of carboxylic acid groups (broad SMARTS) is 1. The van der Waals surface area contributed by atoms with Crippen LogP contribution in [0.4, 0.5) is 5.69 Å². The van der Waals surface area contributed by atoms with Gasteiger partial charge in [0.15, 0.2) is 0 Å². The lowest BCUT2D eigenvalue weighted by molar-refractivity contribution is -0.118. The quantitative estimate of drug-likeness (QED) is 0.462. The average Bonchev–Trinajstić information content (AvgIpc) is 3.25. The summed E-state index contributed by atoms with van der Waals surface area (Å²) in [6.07, 6.45) is 2.38. The number of carbonyl (C=O) groups excluding carboxylic acids is 1. The summed E-state index contributed by atoms with van der Waals surface area (Å²) in [5.74, 6) is -0.0692. The molecule has 7 nitrogen and oxygen atoms in total. The summed E-state index contributed by atoms with van der Waals surface area (Å²) in [6.45, 7) is 5.75. The molecule has 0 aliphatic carbocycles. The van der Waals surface area contributed by atoms with Crippen LogP contribution in [0.2, 0.25) is 0 Å². The lowest BCUT2D eigenvalue weighted by Gasteiger charge is -2.39. The molecule has 3 aromatic carbocycles. The van der Waals surface area contributed by atoms with Crippen LogP contribution in [0.1, 0.15) is 47.7 Å². The maximum absolute atomic E-state index is 12.9. The average molecular weight is 510 g/mol. The van der Waals surface area contributed by atoms with Crippen LogP contribution < -0.4 is 9.64 Å². The molecule has 1 spiro atoms. The predicted octanol–water partition coefficient (Wildman–Crippen LogP) is 5.34. The molecule has 5 rings (SSSR count). The van der Waals surface area contributed by atoms with E-state index in [0.717, 1.165) is 60.6 Å². The van der Waals surface area contributed by atoms with E-state index < -0.39 is 5.97 Å². The SMILES string of the molecule is CCOc1cc(CN2CCC3(CC2)CC(=O)N(c2ccc(C(=O)O)cc2)C3)cc(-c2ccccc2C#N)c1. The van der Waals surface area contributed by atoms with E-state index in [1.54, 1.807) is 24.3 Å². The molecule has 7 heteroatoms. The van der Waals surface area contributed by atoms with Gasteiger partial charge in [-0.25, -0.2) is 4.79 Å². The highest BCUT2D eigenvalue weighted by Crippen LogP contribution is 2.43. The number of aromatic carboxylic acids is 1. The molecule has 2 aliphatic rings. The zero-order valence-corrected chi connectivity index (χ0v) is 21.5. The molecule has 2 heterocycles. The number of anilines is 1. The van der Waals surface area contributed by atoms with Gasteiger partial charge in [0.05, 0.1) is 23.8 Å². The minimum absolute atomic E-state index is 0.0525. The third-order valence-electron chi connectivity index (χ3n) is 7.71. The zero-order valence-electron chi connectivity index (χ0n) is 21.5. The van der Waals surface area contributed by atoms with Gasteiger partial charge in [0.1, 0.15) is 5.75 Å². The Morgan fingerprint density at radius 2 is 1.82 bits per heavy atom. The Balaban J connectivity index is 1.28. The Kier molecular flexibility index (Phi) is 7.17. The van der Waals surface area contributed by atoms with Crippen molar-refractivity contribution in [3.8, 4) is 22.9 Å². The van der Waals surface area contributed by atoms with E-state index in [1.807, 2.05) is 42.2 Å². The first-order chi connectivity index (χ1) is 18.4. The Morgan fingerprint density at radius 1 is 1.08 bits per heavy atom. The topological polar surface area (TPSA) is 93.9 Å². The van der Waals surface area contributed by atoms with Crippen LogP contribution in [0.25, 0.3) is 11.1 Å². The van der Waals surface area contributed by atoms with Crippen molar-refractivity contribution in [1.82, 2.24) is 4.90 Å². The molecule has 2 saturated heterocycles. The minimum Gasteiger partial charge on any atom is -0.494 e. The van der Waals surface area contributed by atoms with Gasteiger partial charge in [0, 0.05) is 25.2 Å². The Morgan fingerprint density at radius 3 is 2.50 bits per heavy atom. The number of nitrogens with zero attached hydrogens (tertiary/aromatic N) is 3. The van der Waals surface area contributed by atoms with Crippen molar-refractivity contribution in [3.63, 3.8) is 0 Å². The van der Waals surface area contributed by atoms with Crippen LogP contribution in [0.5, 0.6) is 5.75 Å². The number of hydrogen-bond donors (Lipinski definition) is 1. The third-order valence-corrected chi connectivity index (χ3v) is 7.71. The summed E-state index contributed by atoms with van der Waals surface area (Å²) in [5.41, 5.74) is 4.58. The summed E-state index contributed by atoms with van der Waals surface area (Å²) in [4.78, 5) is 28.3. The fourth-order valence-electron chi connectivity index (χ4n) is 5.68. The van der Waals surface area contributed by atoms with Crippen molar-refractivity contribution in [3.05, 3.63) is 83.4 Å². The number of carboxylic acids is 1. The Bertz CT molecular complexity index is 1380. The summed E-state index contributed by atoms with van der Waals surface area (Å²) in [5, 5.41) is 18.7. The molecular weight excluding hydrogens is 478 g/mol.